The van der Waals surface area contributed by atoms with Crippen LogP contribution in [0, 0.1) is 0 Å². The molecule has 2 rings (SSSR count). The Labute approximate surface area is 123 Å². The molecule has 0 aromatic rings. The summed E-state index contributed by atoms with van der Waals surface area (Å²) in [4.78, 5) is 0. The second-order valence-corrected chi connectivity index (χ2v) is 8.73. The van der Waals surface area contributed by atoms with Crippen molar-refractivity contribution in [3.8, 4) is 0 Å². The number of hydrogen-bond acceptors (Lipinski definition) is 4. The summed E-state index contributed by atoms with van der Waals surface area (Å²) in [5.74, 6) is 0. The molecule has 5 heteroatoms. The third-order valence-corrected chi connectivity index (χ3v) is 6.31. The molecule has 2 unspecified atom stereocenters. The Morgan fingerprint density at radius 1 is 1.05 bits per heavy atom. The molecule has 20 heavy (non-hydrogen) atoms. The predicted octanol–water partition coefficient (Wildman–Crippen LogP) is 2.28. The van der Waals surface area contributed by atoms with Gasteiger partial charge in [-0.25, -0.2) is 8.42 Å². The van der Waals surface area contributed by atoms with Crippen molar-refractivity contribution in [3.63, 3.8) is 0 Å². The minimum atomic E-state index is -2.88. The van der Waals surface area contributed by atoms with Crippen LogP contribution in [-0.4, -0.2) is 45.2 Å². The largest absolute Gasteiger partial charge is 0.377 e. The summed E-state index contributed by atoms with van der Waals surface area (Å²) in [6.45, 7) is 1.60. The SMILES string of the molecule is CS(=O)(=O)C1CCCC(NCCOC2CCCCC2)C1. The molecule has 1 N–H and O–H groups in total. The quantitative estimate of drug-likeness (QED) is 0.765. The third-order valence-electron chi connectivity index (χ3n) is 4.67. The van der Waals surface area contributed by atoms with Crippen molar-refractivity contribution in [2.75, 3.05) is 19.4 Å². The number of nitrogens with one attached hydrogen (secondary N) is 1. The van der Waals surface area contributed by atoms with Gasteiger partial charge in [-0.3, -0.25) is 0 Å². The number of rotatable bonds is 6. The van der Waals surface area contributed by atoms with Gasteiger partial charge in [-0.2, -0.15) is 0 Å². The van der Waals surface area contributed by atoms with Crippen molar-refractivity contribution >= 4 is 9.84 Å². The molecule has 0 spiro atoms. The Morgan fingerprint density at radius 2 is 1.80 bits per heavy atom. The molecule has 0 aromatic carbocycles. The highest BCUT2D eigenvalue weighted by Gasteiger charge is 2.28. The Balaban J connectivity index is 1.61. The van der Waals surface area contributed by atoms with Gasteiger partial charge in [0.25, 0.3) is 0 Å². The second-order valence-electron chi connectivity index (χ2n) is 6.40. The van der Waals surface area contributed by atoms with Crippen molar-refractivity contribution in [1.29, 1.82) is 0 Å². The lowest BCUT2D eigenvalue weighted by Crippen LogP contribution is -2.40. The summed E-state index contributed by atoms with van der Waals surface area (Å²) in [6.07, 6.45) is 11.9. The standard InChI is InChI=1S/C15H29NO3S/c1-20(17,18)15-9-5-6-13(12-15)16-10-11-19-14-7-3-2-4-8-14/h13-16H,2-12H2,1H3. The zero-order chi connectivity index (χ0) is 14.4. The number of sulfone groups is 1. The normalized spacial score (nSPS) is 29.4. The van der Waals surface area contributed by atoms with Gasteiger partial charge >= 0.3 is 0 Å². The van der Waals surface area contributed by atoms with Gasteiger partial charge in [-0.1, -0.05) is 25.7 Å². The fourth-order valence-corrected chi connectivity index (χ4v) is 4.62. The fraction of sp³-hybridized carbons (Fsp3) is 1.00. The molecule has 2 atom stereocenters. The van der Waals surface area contributed by atoms with Gasteiger partial charge in [0.05, 0.1) is 18.0 Å². The molecule has 0 aliphatic heterocycles. The van der Waals surface area contributed by atoms with E-state index in [0.717, 1.165) is 38.8 Å². The molecule has 0 amide bonds. The first-order valence-electron chi connectivity index (χ1n) is 8.09. The van der Waals surface area contributed by atoms with Gasteiger partial charge in [0.2, 0.25) is 0 Å². The van der Waals surface area contributed by atoms with Crippen LogP contribution in [0.15, 0.2) is 0 Å². The van der Waals surface area contributed by atoms with Crippen LogP contribution in [0.2, 0.25) is 0 Å². The molecule has 2 saturated carbocycles. The summed E-state index contributed by atoms with van der Waals surface area (Å²) < 4.78 is 29.1. The van der Waals surface area contributed by atoms with Crippen molar-refractivity contribution in [3.05, 3.63) is 0 Å². The number of hydrogen-bond donors (Lipinski definition) is 1. The maximum Gasteiger partial charge on any atom is 0.150 e. The van der Waals surface area contributed by atoms with E-state index in [0.29, 0.717) is 12.1 Å². The Morgan fingerprint density at radius 3 is 2.50 bits per heavy atom. The first-order valence-corrected chi connectivity index (χ1v) is 10.0. The minimum absolute atomic E-state index is 0.145. The monoisotopic (exact) mass is 303 g/mol. The molecule has 2 aliphatic rings. The Bertz CT molecular complexity index is 377. The first-order chi connectivity index (χ1) is 9.55. The van der Waals surface area contributed by atoms with Crippen LogP contribution in [0.1, 0.15) is 57.8 Å². The maximum atomic E-state index is 11.6. The zero-order valence-corrected chi connectivity index (χ0v) is 13.5. The lowest BCUT2D eigenvalue weighted by molar-refractivity contribution is 0.0290. The molecule has 0 radical (unpaired) electrons. The maximum absolute atomic E-state index is 11.6. The molecule has 118 valence electrons. The molecule has 0 bridgehead atoms. The van der Waals surface area contributed by atoms with E-state index in [2.05, 4.69) is 5.32 Å². The van der Waals surface area contributed by atoms with Gasteiger partial charge in [0, 0.05) is 18.8 Å². The second kappa shape index (κ2) is 7.76. The molecule has 0 aromatic heterocycles. The van der Waals surface area contributed by atoms with Crippen molar-refractivity contribution in [2.45, 2.75) is 75.2 Å². The van der Waals surface area contributed by atoms with Crippen molar-refractivity contribution in [1.82, 2.24) is 5.32 Å². The molecule has 2 fully saturated rings. The predicted molar refractivity (Wildman–Crippen MR) is 81.7 cm³/mol. The lowest BCUT2D eigenvalue weighted by Gasteiger charge is -2.29. The van der Waals surface area contributed by atoms with E-state index in [-0.39, 0.29) is 5.25 Å². The Kier molecular flexibility index (Phi) is 6.30. The molecule has 2 aliphatic carbocycles. The van der Waals surface area contributed by atoms with Crippen LogP contribution < -0.4 is 5.32 Å². The average molecular weight is 303 g/mol. The highest BCUT2D eigenvalue weighted by Crippen LogP contribution is 2.24. The molecular formula is C15H29NO3S. The van der Waals surface area contributed by atoms with Gasteiger partial charge in [-0.05, 0) is 32.1 Å². The van der Waals surface area contributed by atoms with Crippen LogP contribution in [0.5, 0.6) is 0 Å². The minimum Gasteiger partial charge on any atom is -0.377 e. The summed E-state index contributed by atoms with van der Waals surface area (Å²) in [7, 11) is -2.88. The summed E-state index contributed by atoms with van der Waals surface area (Å²) in [6, 6.07) is 0.346. The van der Waals surface area contributed by atoms with E-state index < -0.39 is 9.84 Å². The van der Waals surface area contributed by atoms with Gasteiger partial charge in [-0.15, -0.1) is 0 Å². The van der Waals surface area contributed by atoms with E-state index in [1.807, 2.05) is 0 Å². The van der Waals surface area contributed by atoms with Crippen LogP contribution in [0.4, 0.5) is 0 Å². The van der Waals surface area contributed by atoms with Gasteiger partial charge in [0.1, 0.15) is 9.84 Å². The number of ether oxygens (including phenoxy) is 1. The van der Waals surface area contributed by atoms with Gasteiger partial charge < -0.3 is 10.1 Å². The van der Waals surface area contributed by atoms with Crippen molar-refractivity contribution in [2.24, 2.45) is 0 Å². The van der Waals surface area contributed by atoms with Crippen molar-refractivity contribution < 1.29 is 13.2 Å². The van der Waals surface area contributed by atoms with Crippen LogP contribution in [0.25, 0.3) is 0 Å². The topological polar surface area (TPSA) is 55.4 Å². The van der Waals surface area contributed by atoms with Crippen LogP contribution in [-0.2, 0) is 14.6 Å². The molecule has 4 nitrogen and oxygen atoms in total. The van der Waals surface area contributed by atoms with Crippen LogP contribution in [0.3, 0.4) is 0 Å². The summed E-state index contributed by atoms with van der Waals surface area (Å²) in [5.41, 5.74) is 0. The van der Waals surface area contributed by atoms with E-state index >= 15 is 0 Å². The third kappa shape index (κ3) is 5.34. The summed E-state index contributed by atoms with van der Waals surface area (Å²) >= 11 is 0. The summed E-state index contributed by atoms with van der Waals surface area (Å²) in [5, 5.41) is 3.33. The molecular weight excluding hydrogens is 274 g/mol. The highest BCUT2D eigenvalue weighted by molar-refractivity contribution is 7.91. The lowest BCUT2D eigenvalue weighted by atomic mass is 9.95. The van der Waals surface area contributed by atoms with E-state index in [1.54, 1.807) is 0 Å². The molecule has 0 saturated heterocycles. The van der Waals surface area contributed by atoms with E-state index in [9.17, 15) is 8.42 Å². The highest BCUT2D eigenvalue weighted by atomic mass is 32.2. The smallest absolute Gasteiger partial charge is 0.150 e. The van der Waals surface area contributed by atoms with E-state index in [1.165, 1.54) is 38.4 Å². The van der Waals surface area contributed by atoms with Crippen LogP contribution >= 0.6 is 0 Å². The Hall–Kier alpha value is -0.130. The average Bonchev–Trinajstić information content (AvgIpc) is 2.44. The van der Waals surface area contributed by atoms with Gasteiger partial charge in [0.15, 0.2) is 0 Å². The zero-order valence-electron chi connectivity index (χ0n) is 12.6. The molecule has 0 heterocycles. The fourth-order valence-electron chi connectivity index (χ4n) is 3.44. The first kappa shape index (κ1) is 16.2. The van der Waals surface area contributed by atoms with E-state index in [4.69, 9.17) is 4.74 Å².